The quantitative estimate of drug-likeness (QED) is 0.666. The van der Waals surface area contributed by atoms with Gasteiger partial charge in [-0.25, -0.2) is 0 Å². The molecule has 0 radical (unpaired) electrons. The molecule has 2 rings (SSSR count). The van der Waals surface area contributed by atoms with Crippen LogP contribution in [0.3, 0.4) is 0 Å². The van der Waals surface area contributed by atoms with Gasteiger partial charge >= 0.3 is 0 Å². The van der Waals surface area contributed by atoms with E-state index in [4.69, 9.17) is 10.6 Å². The zero-order valence-corrected chi connectivity index (χ0v) is 11.7. The lowest BCUT2D eigenvalue weighted by atomic mass is 9.88. The number of nitrogens with two attached hydrogens (primary N) is 1. The van der Waals surface area contributed by atoms with Crippen LogP contribution in [-0.2, 0) is 4.74 Å². The second kappa shape index (κ2) is 5.96. The van der Waals surface area contributed by atoms with Gasteiger partial charge in [0.1, 0.15) is 0 Å². The summed E-state index contributed by atoms with van der Waals surface area (Å²) in [6, 6.07) is 6.57. The summed E-state index contributed by atoms with van der Waals surface area (Å²) in [6.07, 6.45) is 2.29. The van der Waals surface area contributed by atoms with Crippen molar-refractivity contribution in [2.24, 2.45) is 11.8 Å². The molecule has 1 aliphatic rings. The first-order valence-electron chi connectivity index (χ1n) is 6.02. The Labute approximate surface area is 111 Å². The lowest BCUT2D eigenvalue weighted by Crippen LogP contribution is -2.37. The van der Waals surface area contributed by atoms with Gasteiger partial charge in [-0.15, -0.1) is 0 Å². The Kier molecular flexibility index (Phi) is 4.56. The van der Waals surface area contributed by atoms with Crippen LogP contribution in [0, 0.1) is 12.8 Å². The molecule has 1 aromatic carbocycles. The SMILES string of the molecule is Cc1cc(C(NN)C2CCCOC2)ccc1Br. The van der Waals surface area contributed by atoms with Crippen molar-refractivity contribution in [1.29, 1.82) is 0 Å². The number of hydrogen-bond donors (Lipinski definition) is 2. The number of halogens is 1. The van der Waals surface area contributed by atoms with E-state index in [-0.39, 0.29) is 6.04 Å². The van der Waals surface area contributed by atoms with Crippen molar-refractivity contribution >= 4 is 15.9 Å². The molecular formula is C13H19BrN2O. The molecule has 0 spiro atoms. The molecule has 0 aliphatic carbocycles. The summed E-state index contributed by atoms with van der Waals surface area (Å²) in [5, 5.41) is 0. The Hall–Kier alpha value is -0.420. The van der Waals surface area contributed by atoms with Crippen LogP contribution in [-0.4, -0.2) is 13.2 Å². The zero-order valence-electron chi connectivity index (χ0n) is 10.1. The maximum atomic E-state index is 5.71. The summed E-state index contributed by atoms with van der Waals surface area (Å²) in [7, 11) is 0. The molecule has 0 amide bonds. The van der Waals surface area contributed by atoms with E-state index < -0.39 is 0 Å². The Morgan fingerprint density at radius 1 is 1.53 bits per heavy atom. The molecule has 2 atom stereocenters. The van der Waals surface area contributed by atoms with Crippen molar-refractivity contribution < 1.29 is 4.74 Å². The summed E-state index contributed by atoms with van der Waals surface area (Å²) < 4.78 is 6.67. The number of benzene rings is 1. The molecule has 1 heterocycles. The summed E-state index contributed by atoms with van der Waals surface area (Å²) in [6.45, 7) is 3.77. The number of ether oxygens (including phenoxy) is 1. The van der Waals surface area contributed by atoms with E-state index in [2.05, 4.69) is 46.5 Å². The normalized spacial score (nSPS) is 22.4. The molecule has 1 saturated heterocycles. The molecule has 94 valence electrons. The molecule has 2 unspecified atom stereocenters. The van der Waals surface area contributed by atoms with E-state index in [0.717, 1.165) is 24.1 Å². The van der Waals surface area contributed by atoms with Gasteiger partial charge in [0.25, 0.3) is 0 Å². The van der Waals surface area contributed by atoms with Gasteiger partial charge in [0.05, 0.1) is 12.6 Å². The number of hydrazine groups is 1. The van der Waals surface area contributed by atoms with Crippen LogP contribution in [0.2, 0.25) is 0 Å². The molecule has 0 bridgehead atoms. The van der Waals surface area contributed by atoms with Crippen molar-refractivity contribution in [3.63, 3.8) is 0 Å². The summed E-state index contributed by atoms with van der Waals surface area (Å²) >= 11 is 3.52. The van der Waals surface area contributed by atoms with Gasteiger partial charge in [0.15, 0.2) is 0 Å². The number of rotatable bonds is 3. The fourth-order valence-corrected chi connectivity index (χ4v) is 2.64. The first kappa shape index (κ1) is 13.0. The Morgan fingerprint density at radius 2 is 2.35 bits per heavy atom. The summed E-state index contributed by atoms with van der Waals surface area (Å²) in [4.78, 5) is 0. The standard InChI is InChI=1S/C13H19BrN2O/c1-9-7-10(4-5-12(9)14)13(16-15)11-3-2-6-17-8-11/h4-5,7,11,13,16H,2-3,6,8,15H2,1H3. The third kappa shape index (κ3) is 3.07. The fraction of sp³-hybridized carbons (Fsp3) is 0.538. The van der Waals surface area contributed by atoms with E-state index in [0.29, 0.717) is 5.92 Å². The molecule has 3 nitrogen and oxygen atoms in total. The van der Waals surface area contributed by atoms with Gasteiger partial charge in [0.2, 0.25) is 0 Å². The minimum atomic E-state index is 0.182. The van der Waals surface area contributed by atoms with Gasteiger partial charge in [-0.05, 0) is 37.0 Å². The molecule has 3 N–H and O–H groups in total. The highest BCUT2D eigenvalue weighted by Gasteiger charge is 2.24. The molecule has 0 saturated carbocycles. The highest BCUT2D eigenvalue weighted by atomic mass is 79.9. The molecule has 1 fully saturated rings. The maximum absolute atomic E-state index is 5.71. The predicted molar refractivity (Wildman–Crippen MR) is 72.5 cm³/mol. The van der Waals surface area contributed by atoms with Gasteiger partial charge in [-0.1, -0.05) is 28.1 Å². The molecule has 17 heavy (non-hydrogen) atoms. The highest BCUT2D eigenvalue weighted by molar-refractivity contribution is 9.10. The largest absolute Gasteiger partial charge is 0.381 e. The van der Waals surface area contributed by atoms with Crippen LogP contribution in [0.1, 0.15) is 30.0 Å². The van der Waals surface area contributed by atoms with Crippen LogP contribution >= 0.6 is 15.9 Å². The monoisotopic (exact) mass is 298 g/mol. The fourth-order valence-electron chi connectivity index (χ4n) is 2.39. The van der Waals surface area contributed by atoms with Crippen molar-refractivity contribution in [2.75, 3.05) is 13.2 Å². The maximum Gasteiger partial charge on any atom is 0.0513 e. The van der Waals surface area contributed by atoms with Gasteiger partial charge < -0.3 is 4.74 Å². The van der Waals surface area contributed by atoms with Crippen molar-refractivity contribution in [3.05, 3.63) is 33.8 Å². The second-order valence-electron chi connectivity index (χ2n) is 4.63. The molecule has 1 aliphatic heterocycles. The summed E-state index contributed by atoms with van der Waals surface area (Å²) in [5.41, 5.74) is 5.41. The Bertz CT molecular complexity index is 378. The van der Waals surface area contributed by atoms with Crippen molar-refractivity contribution in [1.82, 2.24) is 5.43 Å². The van der Waals surface area contributed by atoms with E-state index in [1.165, 1.54) is 17.5 Å². The minimum absolute atomic E-state index is 0.182. The van der Waals surface area contributed by atoms with Crippen LogP contribution in [0.25, 0.3) is 0 Å². The zero-order chi connectivity index (χ0) is 12.3. The lowest BCUT2D eigenvalue weighted by molar-refractivity contribution is 0.0390. The average Bonchev–Trinajstić information content (AvgIpc) is 2.36. The van der Waals surface area contributed by atoms with Gasteiger partial charge in [-0.3, -0.25) is 11.3 Å². The Morgan fingerprint density at radius 3 is 2.94 bits per heavy atom. The van der Waals surface area contributed by atoms with Crippen LogP contribution in [0.5, 0.6) is 0 Å². The average molecular weight is 299 g/mol. The van der Waals surface area contributed by atoms with E-state index in [9.17, 15) is 0 Å². The third-order valence-corrected chi connectivity index (χ3v) is 4.28. The first-order valence-corrected chi connectivity index (χ1v) is 6.81. The molecule has 0 aromatic heterocycles. The number of aryl methyl sites for hydroxylation is 1. The third-order valence-electron chi connectivity index (χ3n) is 3.39. The smallest absolute Gasteiger partial charge is 0.0513 e. The predicted octanol–water partition coefficient (Wildman–Crippen LogP) is 2.69. The van der Waals surface area contributed by atoms with Crippen LogP contribution in [0.15, 0.2) is 22.7 Å². The van der Waals surface area contributed by atoms with Crippen molar-refractivity contribution in [2.45, 2.75) is 25.8 Å². The topological polar surface area (TPSA) is 47.3 Å². The minimum Gasteiger partial charge on any atom is -0.381 e. The van der Waals surface area contributed by atoms with Crippen molar-refractivity contribution in [3.8, 4) is 0 Å². The number of hydrogen-bond acceptors (Lipinski definition) is 3. The Balaban J connectivity index is 2.18. The lowest BCUT2D eigenvalue weighted by Gasteiger charge is -2.30. The second-order valence-corrected chi connectivity index (χ2v) is 5.48. The van der Waals surface area contributed by atoms with Gasteiger partial charge in [-0.2, -0.15) is 0 Å². The van der Waals surface area contributed by atoms with E-state index >= 15 is 0 Å². The van der Waals surface area contributed by atoms with E-state index in [1.807, 2.05) is 0 Å². The van der Waals surface area contributed by atoms with E-state index in [1.54, 1.807) is 0 Å². The molecular weight excluding hydrogens is 280 g/mol. The molecule has 1 aromatic rings. The van der Waals surface area contributed by atoms with Gasteiger partial charge in [0, 0.05) is 17.0 Å². The first-order chi connectivity index (χ1) is 8.22. The van der Waals surface area contributed by atoms with Crippen LogP contribution in [0.4, 0.5) is 0 Å². The van der Waals surface area contributed by atoms with Crippen LogP contribution < -0.4 is 11.3 Å². The summed E-state index contributed by atoms with van der Waals surface area (Å²) in [5.74, 6) is 6.17. The number of nitrogens with one attached hydrogen (secondary N) is 1. The molecule has 4 heteroatoms. The highest BCUT2D eigenvalue weighted by Crippen LogP contribution is 2.30.